The number of likely N-dealkylation sites (N-methyl/N-ethyl adjacent to an activating group) is 1. The van der Waals surface area contributed by atoms with E-state index in [9.17, 15) is 9.59 Å². The Labute approximate surface area is 233 Å². The molecule has 2 aromatic heterocycles. The molecule has 0 radical (unpaired) electrons. The molecule has 0 bridgehead atoms. The Bertz CT molecular complexity index is 1550. The van der Waals surface area contributed by atoms with Gasteiger partial charge in [-0.1, -0.05) is 36.4 Å². The fraction of sp³-hybridized carbons (Fsp3) is 0.233. The van der Waals surface area contributed by atoms with Crippen LogP contribution in [0.4, 0.5) is 23.1 Å². The van der Waals surface area contributed by atoms with Crippen molar-refractivity contribution in [1.29, 1.82) is 0 Å². The topological polar surface area (TPSA) is 115 Å². The number of para-hydroxylation sites is 1. The van der Waals surface area contributed by atoms with Gasteiger partial charge < -0.3 is 25.8 Å². The van der Waals surface area contributed by atoms with Gasteiger partial charge in [0.2, 0.25) is 17.8 Å². The summed E-state index contributed by atoms with van der Waals surface area (Å²) in [5.41, 5.74) is 4.12. The molecule has 0 aliphatic carbocycles. The fourth-order valence-electron chi connectivity index (χ4n) is 4.39. The van der Waals surface area contributed by atoms with Gasteiger partial charge in [-0.15, -0.1) is 0 Å². The van der Waals surface area contributed by atoms with Crippen LogP contribution in [0.1, 0.15) is 6.92 Å². The smallest absolute Gasteiger partial charge is 0.248 e. The maximum absolute atomic E-state index is 12.3. The van der Waals surface area contributed by atoms with Crippen LogP contribution in [0, 0.1) is 0 Å². The summed E-state index contributed by atoms with van der Waals surface area (Å²) in [6.07, 6.45) is 6.88. The summed E-state index contributed by atoms with van der Waals surface area (Å²) in [6.45, 7) is 3.65. The second-order valence-electron chi connectivity index (χ2n) is 9.99. The summed E-state index contributed by atoms with van der Waals surface area (Å²) in [7, 11) is 3.90. The number of pyridine rings is 1. The molecule has 2 amide bonds. The first-order chi connectivity index (χ1) is 19.3. The summed E-state index contributed by atoms with van der Waals surface area (Å²) in [5.74, 6) is 1.12. The van der Waals surface area contributed by atoms with E-state index in [1.54, 1.807) is 30.3 Å². The first-order valence-electron chi connectivity index (χ1n) is 13.1. The standard InChI is InChI=1S/C30H32N8O2/c1-20(39)38-18-25(19-38)33-27-13-12-24(17-31-27)35-30-32-16-22-8-5-10-26(29(22)36-30)21-7-4-9-23(15-21)34-28(40)11-6-14-37(2)3/h4-13,15-17,25H,14,18-19H2,1-3H3,(H,31,33)(H,34,40)(H,32,35,36)/b11-6+. The molecular formula is C30H32N8O2. The molecule has 0 atom stereocenters. The number of carbonyl (C=O) groups is 2. The molecule has 3 heterocycles. The van der Waals surface area contributed by atoms with Crippen molar-refractivity contribution in [3.63, 3.8) is 0 Å². The van der Waals surface area contributed by atoms with Gasteiger partial charge in [0.25, 0.3) is 0 Å². The number of benzene rings is 2. The minimum Gasteiger partial charge on any atom is -0.364 e. The first-order valence-corrected chi connectivity index (χ1v) is 13.1. The molecular weight excluding hydrogens is 504 g/mol. The van der Waals surface area contributed by atoms with Crippen LogP contribution in [-0.4, -0.2) is 76.3 Å². The zero-order chi connectivity index (χ0) is 28.1. The Morgan fingerprint density at radius 2 is 1.85 bits per heavy atom. The van der Waals surface area contributed by atoms with Crippen LogP contribution in [0.2, 0.25) is 0 Å². The van der Waals surface area contributed by atoms with Crippen molar-refractivity contribution in [3.05, 3.63) is 79.1 Å². The van der Waals surface area contributed by atoms with Gasteiger partial charge in [0, 0.05) is 55.5 Å². The molecule has 4 aromatic rings. The van der Waals surface area contributed by atoms with Gasteiger partial charge in [0.05, 0.1) is 23.4 Å². The van der Waals surface area contributed by atoms with E-state index in [-0.39, 0.29) is 17.9 Å². The number of anilines is 4. The molecule has 10 nitrogen and oxygen atoms in total. The molecule has 40 heavy (non-hydrogen) atoms. The number of amides is 2. The molecule has 2 aromatic carbocycles. The number of hydrogen-bond acceptors (Lipinski definition) is 8. The van der Waals surface area contributed by atoms with Crippen molar-refractivity contribution in [3.8, 4) is 11.1 Å². The van der Waals surface area contributed by atoms with Crippen molar-refractivity contribution in [1.82, 2.24) is 24.8 Å². The lowest BCUT2D eigenvalue weighted by molar-refractivity contribution is -0.132. The van der Waals surface area contributed by atoms with Gasteiger partial charge in [0.15, 0.2) is 0 Å². The van der Waals surface area contributed by atoms with E-state index >= 15 is 0 Å². The molecule has 3 N–H and O–H groups in total. The highest BCUT2D eigenvalue weighted by atomic mass is 16.2. The highest BCUT2D eigenvalue weighted by Crippen LogP contribution is 2.30. The Hall–Kier alpha value is -4.83. The fourth-order valence-corrected chi connectivity index (χ4v) is 4.39. The second-order valence-corrected chi connectivity index (χ2v) is 9.99. The van der Waals surface area contributed by atoms with Crippen LogP contribution in [0.15, 0.2) is 79.1 Å². The first kappa shape index (κ1) is 26.8. The van der Waals surface area contributed by atoms with Gasteiger partial charge in [-0.25, -0.2) is 15.0 Å². The van der Waals surface area contributed by atoms with E-state index in [1.807, 2.05) is 79.7 Å². The minimum atomic E-state index is -0.175. The zero-order valence-electron chi connectivity index (χ0n) is 22.8. The van der Waals surface area contributed by atoms with Gasteiger partial charge in [0.1, 0.15) is 5.82 Å². The van der Waals surface area contributed by atoms with Crippen LogP contribution in [0.3, 0.4) is 0 Å². The third kappa shape index (κ3) is 6.59. The Morgan fingerprint density at radius 1 is 1.02 bits per heavy atom. The molecule has 204 valence electrons. The normalized spacial score (nSPS) is 13.4. The summed E-state index contributed by atoms with van der Waals surface area (Å²) in [5, 5.41) is 10.4. The van der Waals surface area contributed by atoms with Crippen molar-refractivity contribution in [2.45, 2.75) is 13.0 Å². The predicted molar refractivity (Wildman–Crippen MR) is 158 cm³/mol. The molecule has 0 unspecified atom stereocenters. The van der Waals surface area contributed by atoms with Gasteiger partial charge in [-0.3, -0.25) is 9.59 Å². The maximum Gasteiger partial charge on any atom is 0.248 e. The molecule has 10 heteroatoms. The van der Waals surface area contributed by atoms with Crippen molar-refractivity contribution < 1.29 is 9.59 Å². The number of nitrogens with zero attached hydrogens (tertiary/aromatic N) is 5. The number of nitrogens with one attached hydrogen (secondary N) is 3. The number of likely N-dealkylation sites (tertiary alicyclic amines) is 1. The third-order valence-corrected chi connectivity index (χ3v) is 6.49. The highest BCUT2D eigenvalue weighted by Gasteiger charge is 2.28. The molecule has 5 rings (SSSR count). The van der Waals surface area contributed by atoms with Crippen LogP contribution in [0.25, 0.3) is 22.0 Å². The van der Waals surface area contributed by atoms with Crippen molar-refractivity contribution in [2.75, 3.05) is 49.7 Å². The molecule has 0 spiro atoms. The van der Waals surface area contributed by atoms with Crippen LogP contribution in [-0.2, 0) is 9.59 Å². The lowest BCUT2D eigenvalue weighted by atomic mass is 10.0. The highest BCUT2D eigenvalue weighted by molar-refractivity contribution is 6.00. The van der Waals surface area contributed by atoms with Crippen molar-refractivity contribution in [2.24, 2.45) is 0 Å². The maximum atomic E-state index is 12.3. The number of fused-ring (bicyclic) bond motifs is 1. The minimum absolute atomic E-state index is 0.0900. The lowest BCUT2D eigenvalue weighted by Crippen LogP contribution is -2.56. The van der Waals surface area contributed by atoms with Crippen LogP contribution >= 0.6 is 0 Å². The number of rotatable bonds is 9. The number of hydrogen-bond donors (Lipinski definition) is 3. The Kier molecular flexibility index (Phi) is 7.97. The average Bonchev–Trinajstić information content (AvgIpc) is 2.90. The quantitative estimate of drug-likeness (QED) is 0.274. The van der Waals surface area contributed by atoms with E-state index in [0.29, 0.717) is 31.3 Å². The third-order valence-electron chi connectivity index (χ3n) is 6.49. The van der Waals surface area contributed by atoms with Gasteiger partial charge >= 0.3 is 0 Å². The summed E-state index contributed by atoms with van der Waals surface area (Å²) >= 11 is 0. The van der Waals surface area contributed by atoms with E-state index < -0.39 is 0 Å². The predicted octanol–water partition coefficient (Wildman–Crippen LogP) is 4.13. The van der Waals surface area contributed by atoms with Crippen molar-refractivity contribution >= 4 is 45.9 Å². The van der Waals surface area contributed by atoms with Crippen LogP contribution < -0.4 is 16.0 Å². The Morgan fingerprint density at radius 3 is 2.60 bits per heavy atom. The SMILES string of the molecule is CC(=O)N1CC(Nc2ccc(Nc3ncc4cccc(-c5cccc(NC(=O)/C=C/CN(C)C)c5)c4n3)cn2)C1. The molecule has 1 saturated heterocycles. The van der Waals surface area contributed by atoms with E-state index in [2.05, 4.69) is 25.9 Å². The molecule has 1 aliphatic rings. The number of carbonyl (C=O) groups excluding carboxylic acids is 2. The average molecular weight is 537 g/mol. The number of aromatic nitrogens is 3. The summed E-state index contributed by atoms with van der Waals surface area (Å²) in [4.78, 5) is 41.2. The summed E-state index contributed by atoms with van der Waals surface area (Å²) in [6, 6.07) is 17.7. The largest absolute Gasteiger partial charge is 0.364 e. The van der Waals surface area contributed by atoms with Gasteiger partial charge in [-0.05, 0) is 43.9 Å². The van der Waals surface area contributed by atoms with Gasteiger partial charge in [-0.2, -0.15) is 0 Å². The molecule has 0 saturated carbocycles. The second kappa shape index (κ2) is 11.9. The van der Waals surface area contributed by atoms with E-state index in [4.69, 9.17) is 4.98 Å². The molecule has 1 fully saturated rings. The van der Waals surface area contributed by atoms with E-state index in [1.165, 1.54) is 0 Å². The van der Waals surface area contributed by atoms with E-state index in [0.717, 1.165) is 33.5 Å². The molecule has 1 aliphatic heterocycles. The Balaban J connectivity index is 1.29. The summed E-state index contributed by atoms with van der Waals surface area (Å²) < 4.78 is 0. The lowest BCUT2D eigenvalue weighted by Gasteiger charge is -2.39. The monoisotopic (exact) mass is 536 g/mol. The zero-order valence-corrected chi connectivity index (χ0v) is 22.8. The van der Waals surface area contributed by atoms with Crippen LogP contribution in [0.5, 0.6) is 0 Å².